The van der Waals surface area contributed by atoms with Crippen LogP contribution in [0.25, 0.3) is 0 Å². The maximum absolute atomic E-state index is 9.15. The summed E-state index contributed by atoms with van der Waals surface area (Å²) in [7, 11) is 0. The van der Waals surface area contributed by atoms with E-state index in [9.17, 15) is 0 Å². The predicted octanol–water partition coefficient (Wildman–Crippen LogP) is 0.846. The van der Waals surface area contributed by atoms with Gasteiger partial charge in [-0.05, 0) is 19.1 Å². The van der Waals surface area contributed by atoms with Crippen LogP contribution in [0.1, 0.15) is 6.92 Å². The van der Waals surface area contributed by atoms with E-state index >= 15 is 0 Å². The Balaban J connectivity index is 2.13. The van der Waals surface area contributed by atoms with Gasteiger partial charge in [0.2, 0.25) is 0 Å². The van der Waals surface area contributed by atoms with Gasteiger partial charge in [-0.2, -0.15) is 0 Å². The Morgan fingerprint density at radius 2 is 2.13 bits per heavy atom. The Morgan fingerprint density at radius 1 is 1.40 bits per heavy atom. The number of hydrogen-bond acceptors (Lipinski definition) is 3. The van der Waals surface area contributed by atoms with E-state index in [2.05, 4.69) is 41.4 Å². The Bertz CT molecular complexity index is 302. The lowest BCUT2D eigenvalue weighted by molar-refractivity contribution is 0.227. The van der Waals surface area contributed by atoms with Gasteiger partial charge in [-0.3, -0.25) is 0 Å². The van der Waals surface area contributed by atoms with E-state index in [1.165, 1.54) is 5.69 Å². The summed E-state index contributed by atoms with van der Waals surface area (Å²) in [5, 5.41) is 12.5. The van der Waals surface area contributed by atoms with Gasteiger partial charge in [-0.1, -0.05) is 18.2 Å². The minimum atomic E-state index is 0.196. The first kappa shape index (κ1) is 10.5. The normalized spacial score (nSPS) is 26.7. The summed E-state index contributed by atoms with van der Waals surface area (Å²) in [6.07, 6.45) is 0. The zero-order valence-electron chi connectivity index (χ0n) is 9.06. The van der Waals surface area contributed by atoms with Gasteiger partial charge in [0.25, 0.3) is 0 Å². The van der Waals surface area contributed by atoms with Crippen LogP contribution in [0.4, 0.5) is 5.69 Å². The third-order valence-electron chi connectivity index (χ3n) is 2.96. The first-order chi connectivity index (χ1) is 7.31. The maximum Gasteiger partial charge on any atom is 0.0601 e. The van der Waals surface area contributed by atoms with Crippen LogP contribution < -0.4 is 10.2 Å². The van der Waals surface area contributed by atoms with E-state index in [1.807, 2.05) is 6.07 Å². The molecule has 3 heteroatoms. The highest BCUT2D eigenvalue weighted by atomic mass is 16.3. The van der Waals surface area contributed by atoms with Crippen LogP contribution >= 0.6 is 0 Å². The molecule has 1 saturated heterocycles. The molecule has 0 aromatic heterocycles. The lowest BCUT2D eigenvalue weighted by atomic mass is 10.1. The summed E-state index contributed by atoms with van der Waals surface area (Å²) in [6, 6.07) is 11.1. The van der Waals surface area contributed by atoms with Gasteiger partial charge in [0.05, 0.1) is 6.61 Å². The van der Waals surface area contributed by atoms with Gasteiger partial charge in [0.1, 0.15) is 0 Å². The highest BCUT2D eigenvalue weighted by Crippen LogP contribution is 2.18. The molecule has 1 fully saturated rings. The Morgan fingerprint density at radius 3 is 2.80 bits per heavy atom. The summed E-state index contributed by atoms with van der Waals surface area (Å²) in [5.41, 5.74) is 1.24. The molecule has 1 aromatic rings. The van der Waals surface area contributed by atoms with Crippen molar-refractivity contribution in [3.8, 4) is 0 Å². The van der Waals surface area contributed by atoms with E-state index < -0.39 is 0 Å². The minimum absolute atomic E-state index is 0.196. The minimum Gasteiger partial charge on any atom is -0.395 e. The fraction of sp³-hybridized carbons (Fsp3) is 0.500. The van der Waals surface area contributed by atoms with Crippen molar-refractivity contribution in [1.29, 1.82) is 0 Å². The molecule has 1 aliphatic heterocycles. The number of nitrogens with zero attached hydrogens (tertiary/aromatic N) is 1. The molecule has 1 aromatic carbocycles. The Hall–Kier alpha value is -1.06. The highest BCUT2D eigenvalue weighted by Gasteiger charge is 2.24. The molecule has 1 aliphatic rings. The Labute approximate surface area is 90.7 Å². The largest absolute Gasteiger partial charge is 0.395 e. The molecular weight excluding hydrogens is 188 g/mol. The van der Waals surface area contributed by atoms with E-state index in [0.717, 1.165) is 13.1 Å². The lowest BCUT2D eigenvalue weighted by Crippen LogP contribution is -2.56. The number of rotatable bonds is 2. The quantitative estimate of drug-likeness (QED) is 0.753. The molecule has 0 amide bonds. The van der Waals surface area contributed by atoms with Crippen LogP contribution in [-0.4, -0.2) is 36.9 Å². The summed E-state index contributed by atoms with van der Waals surface area (Å²) in [5.74, 6) is 0. The van der Waals surface area contributed by atoms with Crippen molar-refractivity contribution in [2.24, 2.45) is 0 Å². The molecule has 1 heterocycles. The number of anilines is 1. The van der Waals surface area contributed by atoms with Crippen LogP contribution in [0.5, 0.6) is 0 Å². The second kappa shape index (κ2) is 4.64. The van der Waals surface area contributed by atoms with Crippen molar-refractivity contribution >= 4 is 5.69 Å². The number of aliphatic hydroxyl groups is 1. The topological polar surface area (TPSA) is 35.5 Å². The number of benzene rings is 1. The zero-order valence-corrected chi connectivity index (χ0v) is 9.06. The van der Waals surface area contributed by atoms with Crippen molar-refractivity contribution in [2.75, 3.05) is 24.6 Å². The van der Waals surface area contributed by atoms with Crippen LogP contribution in [0.3, 0.4) is 0 Å². The molecule has 0 radical (unpaired) electrons. The molecule has 0 saturated carbocycles. The van der Waals surface area contributed by atoms with Crippen LogP contribution in [0.15, 0.2) is 30.3 Å². The van der Waals surface area contributed by atoms with Gasteiger partial charge >= 0.3 is 0 Å². The number of aliphatic hydroxyl groups excluding tert-OH is 1. The number of hydrogen-bond donors (Lipinski definition) is 2. The first-order valence-electron chi connectivity index (χ1n) is 5.47. The fourth-order valence-corrected chi connectivity index (χ4v) is 2.03. The molecule has 82 valence electrons. The molecule has 2 N–H and O–H groups in total. The number of nitrogens with one attached hydrogen (secondary N) is 1. The van der Waals surface area contributed by atoms with Gasteiger partial charge < -0.3 is 15.3 Å². The lowest BCUT2D eigenvalue weighted by Gasteiger charge is -2.39. The Kier molecular flexibility index (Phi) is 3.23. The highest BCUT2D eigenvalue weighted by molar-refractivity contribution is 5.47. The molecule has 2 rings (SSSR count). The zero-order chi connectivity index (χ0) is 10.7. The van der Waals surface area contributed by atoms with Crippen molar-refractivity contribution in [2.45, 2.75) is 19.0 Å². The van der Waals surface area contributed by atoms with Crippen molar-refractivity contribution in [3.63, 3.8) is 0 Å². The average molecular weight is 206 g/mol. The van der Waals surface area contributed by atoms with E-state index in [4.69, 9.17) is 5.11 Å². The number of para-hydroxylation sites is 1. The molecule has 0 bridgehead atoms. The molecule has 3 nitrogen and oxygen atoms in total. The molecule has 2 atom stereocenters. The van der Waals surface area contributed by atoms with Crippen LogP contribution in [-0.2, 0) is 0 Å². The van der Waals surface area contributed by atoms with Crippen LogP contribution in [0, 0.1) is 0 Å². The van der Waals surface area contributed by atoms with Crippen molar-refractivity contribution in [3.05, 3.63) is 30.3 Å². The van der Waals surface area contributed by atoms with Gasteiger partial charge in [-0.15, -0.1) is 0 Å². The average Bonchev–Trinajstić information content (AvgIpc) is 2.31. The maximum atomic E-state index is 9.15. The van der Waals surface area contributed by atoms with E-state index in [1.54, 1.807) is 0 Å². The smallest absolute Gasteiger partial charge is 0.0601 e. The van der Waals surface area contributed by atoms with Crippen molar-refractivity contribution < 1.29 is 5.11 Å². The third kappa shape index (κ3) is 2.30. The molecule has 0 spiro atoms. The molecule has 2 unspecified atom stereocenters. The monoisotopic (exact) mass is 206 g/mol. The number of piperazine rings is 1. The van der Waals surface area contributed by atoms with Gasteiger partial charge in [0, 0.05) is 30.9 Å². The second-order valence-electron chi connectivity index (χ2n) is 4.12. The SMILES string of the molecule is CC1CNC(CO)CN1c1ccccc1. The first-order valence-corrected chi connectivity index (χ1v) is 5.47. The summed E-state index contributed by atoms with van der Waals surface area (Å²) >= 11 is 0. The fourth-order valence-electron chi connectivity index (χ4n) is 2.03. The molecule has 15 heavy (non-hydrogen) atoms. The van der Waals surface area contributed by atoms with Gasteiger partial charge in [0.15, 0.2) is 0 Å². The molecular formula is C12H18N2O. The second-order valence-corrected chi connectivity index (χ2v) is 4.12. The van der Waals surface area contributed by atoms with Gasteiger partial charge in [-0.25, -0.2) is 0 Å². The van der Waals surface area contributed by atoms with E-state index in [-0.39, 0.29) is 12.6 Å². The van der Waals surface area contributed by atoms with Crippen molar-refractivity contribution in [1.82, 2.24) is 5.32 Å². The van der Waals surface area contributed by atoms with Crippen LogP contribution in [0.2, 0.25) is 0 Å². The summed E-state index contributed by atoms with van der Waals surface area (Å²) in [6.45, 7) is 4.21. The summed E-state index contributed by atoms with van der Waals surface area (Å²) < 4.78 is 0. The summed E-state index contributed by atoms with van der Waals surface area (Å²) in [4.78, 5) is 2.34. The third-order valence-corrected chi connectivity index (χ3v) is 2.96. The van der Waals surface area contributed by atoms with E-state index in [0.29, 0.717) is 6.04 Å². The predicted molar refractivity (Wildman–Crippen MR) is 62.1 cm³/mol. The molecule has 0 aliphatic carbocycles. The standard InChI is InChI=1S/C12H18N2O/c1-10-7-13-11(9-15)8-14(10)12-5-3-2-4-6-12/h2-6,10-11,13,15H,7-9H2,1H3.